The Labute approximate surface area is 104 Å². The van der Waals surface area contributed by atoms with Gasteiger partial charge in [0.2, 0.25) is 0 Å². The van der Waals surface area contributed by atoms with Gasteiger partial charge in [0, 0.05) is 18.7 Å². The van der Waals surface area contributed by atoms with E-state index in [-0.39, 0.29) is 0 Å². The Bertz CT molecular complexity index is 363. The van der Waals surface area contributed by atoms with Crippen LogP contribution in [0, 0.1) is 0 Å². The smallest absolute Gasteiger partial charge is 0.123 e. The Hall–Kier alpha value is -1.06. The Morgan fingerprint density at radius 2 is 2.29 bits per heavy atom. The van der Waals surface area contributed by atoms with Gasteiger partial charge in [-0.05, 0) is 37.6 Å². The van der Waals surface area contributed by atoms with Crippen LogP contribution >= 0.6 is 0 Å². The molecule has 1 aliphatic heterocycles. The lowest BCUT2D eigenvalue weighted by Crippen LogP contribution is -2.28. The standard InChI is InChI=1S/C14H22N2O/c1-2-12-4-5-14-13(10-12)11-16(7-3-6-15)8-9-17-14/h4-5,10H,2-3,6-9,11,15H2,1H3. The van der Waals surface area contributed by atoms with Gasteiger partial charge in [-0.1, -0.05) is 19.1 Å². The highest BCUT2D eigenvalue weighted by atomic mass is 16.5. The van der Waals surface area contributed by atoms with Gasteiger partial charge in [0.05, 0.1) is 0 Å². The van der Waals surface area contributed by atoms with Crippen LogP contribution in [0.4, 0.5) is 0 Å². The number of rotatable bonds is 4. The first-order chi connectivity index (χ1) is 8.33. The number of benzene rings is 1. The van der Waals surface area contributed by atoms with Crippen molar-refractivity contribution in [1.82, 2.24) is 4.90 Å². The molecule has 3 nitrogen and oxygen atoms in total. The van der Waals surface area contributed by atoms with Gasteiger partial charge in [0.25, 0.3) is 0 Å². The fourth-order valence-electron chi connectivity index (χ4n) is 2.23. The van der Waals surface area contributed by atoms with Gasteiger partial charge < -0.3 is 10.5 Å². The quantitative estimate of drug-likeness (QED) is 0.863. The first-order valence-corrected chi connectivity index (χ1v) is 6.50. The zero-order chi connectivity index (χ0) is 12.1. The van der Waals surface area contributed by atoms with Crippen molar-refractivity contribution in [3.8, 4) is 5.75 Å². The van der Waals surface area contributed by atoms with Gasteiger partial charge in [-0.3, -0.25) is 4.90 Å². The molecule has 0 aromatic heterocycles. The lowest BCUT2D eigenvalue weighted by atomic mass is 10.1. The fraction of sp³-hybridized carbons (Fsp3) is 0.571. The summed E-state index contributed by atoms with van der Waals surface area (Å²) in [5.74, 6) is 1.05. The van der Waals surface area contributed by atoms with E-state index in [0.717, 1.165) is 51.4 Å². The van der Waals surface area contributed by atoms with Crippen molar-refractivity contribution in [2.75, 3.05) is 26.2 Å². The summed E-state index contributed by atoms with van der Waals surface area (Å²) >= 11 is 0. The highest BCUT2D eigenvalue weighted by Gasteiger charge is 2.14. The summed E-state index contributed by atoms with van der Waals surface area (Å²) in [5.41, 5.74) is 8.27. The van der Waals surface area contributed by atoms with E-state index in [1.54, 1.807) is 0 Å². The average molecular weight is 234 g/mol. The van der Waals surface area contributed by atoms with Crippen molar-refractivity contribution < 1.29 is 4.74 Å². The van der Waals surface area contributed by atoms with Crippen molar-refractivity contribution in [2.24, 2.45) is 5.73 Å². The lowest BCUT2D eigenvalue weighted by molar-refractivity contribution is 0.225. The molecule has 0 bridgehead atoms. The van der Waals surface area contributed by atoms with Crippen molar-refractivity contribution in [3.05, 3.63) is 29.3 Å². The summed E-state index contributed by atoms with van der Waals surface area (Å²) in [6.45, 7) is 6.78. The minimum Gasteiger partial charge on any atom is -0.492 e. The molecule has 0 aliphatic carbocycles. The molecular formula is C14H22N2O. The van der Waals surface area contributed by atoms with E-state index in [2.05, 4.69) is 30.0 Å². The molecule has 1 aromatic rings. The summed E-state index contributed by atoms with van der Waals surface area (Å²) in [4.78, 5) is 2.43. The fourth-order valence-corrected chi connectivity index (χ4v) is 2.23. The molecule has 1 aromatic carbocycles. The molecular weight excluding hydrogens is 212 g/mol. The van der Waals surface area contributed by atoms with Gasteiger partial charge in [-0.2, -0.15) is 0 Å². The van der Waals surface area contributed by atoms with Crippen LogP contribution in [0.15, 0.2) is 18.2 Å². The topological polar surface area (TPSA) is 38.5 Å². The second kappa shape index (κ2) is 6.03. The maximum Gasteiger partial charge on any atom is 0.123 e. The maximum atomic E-state index is 5.79. The average Bonchev–Trinajstić information content (AvgIpc) is 2.56. The molecule has 17 heavy (non-hydrogen) atoms. The lowest BCUT2D eigenvalue weighted by Gasteiger charge is -2.18. The van der Waals surface area contributed by atoms with Crippen LogP contribution in [0.2, 0.25) is 0 Å². The second-order valence-electron chi connectivity index (χ2n) is 4.56. The molecule has 0 saturated heterocycles. The number of hydrogen-bond donors (Lipinski definition) is 1. The summed E-state index contributed by atoms with van der Waals surface area (Å²) in [6, 6.07) is 6.55. The molecule has 2 N–H and O–H groups in total. The first kappa shape index (κ1) is 12.4. The van der Waals surface area contributed by atoms with Crippen molar-refractivity contribution in [2.45, 2.75) is 26.3 Å². The van der Waals surface area contributed by atoms with E-state index in [1.165, 1.54) is 11.1 Å². The molecule has 0 unspecified atom stereocenters. The number of nitrogens with two attached hydrogens (primary N) is 1. The molecule has 0 fully saturated rings. The van der Waals surface area contributed by atoms with Crippen molar-refractivity contribution in [1.29, 1.82) is 0 Å². The van der Waals surface area contributed by atoms with Crippen LogP contribution in [0.5, 0.6) is 5.75 Å². The monoisotopic (exact) mass is 234 g/mol. The van der Waals surface area contributed by atoms with Crippen LogP contribution in [0.3, 0.4) is 0 Å². The van der Waals surface area contributed by atoms with E-state index >= 15 is 0 Å². The molecule has 0 spiro atoms. The molecule has 94 valence electrons. The molecule has 1 heterocycles. The summed E-state index contributed by atoms with van der Waals surface area (Å²) in [5, 5.41) is 0. The third kappa shape index (κ3) is 3.20. The summed E-state index contributed by atoms with van der Waals surface area (Å²) in [6.07, 6.45) is 2.14. The Kier molecular flexibility index (Phi) is 4.40. The van der Waals surface area contributed by atoms with Crippen LogP contribution < -0.4 is 10.5 Å². The van der Waals surface area contributed by atoms with Crippen molar-refractivity contribution in [3.63, 3.8) is 0 Å². The molecule has 1 aliphatic rings. The van der Waals surface area contributed by atoms with E-state index in [9.17, 15) is 0 Å². The summed E-state index contributed by atoms with van der Waals surface area (Å²) < 4.78 is 5.79. The van der Waals surface area contributed by atoms with Gasteiger partial charge in [0.15, 0.2) is 0 Å². The molecule has 0 amide bonds. The highest BCUT2D eigenvalue weighted by Crippen LogP contribution is 2.24. The number of ether oxygens (including phenoxy) is 1. The normalized spacial score (nSPS) is 16.1. The maximum absolute atomic E-state index is 5.79. The highest BCUT2D eigenvalue weighted by molar-refractivity contribution is 5.37. The summed E-state index contributed by atoms with van der Waals surface area (Å²) in [7, 11) is 0. The van der Waals surface area contributed by atoms with E-state index in [0.29, 0.717) is 0 Å². The van der Waals surface area contributed by atoms with Crippen LogP contribution in [0.25, 0.3) is 0 Å². The van der Waals surface area contributed by atoms with Crippen LogP contribution in [0.1, 0.15) is 24.5 Å². The zero-order valence-electron chi connectivity index (χ0n) is 10.6. The Morgan fingerprint density at radius 3 is 3.06 bits per heavy atom. The molecule has 0 atom stereocenters. The molecule has 0 saturated carbocycles. The van der Waals surface area contributed by atoms with E-state index < -0.39 is 0 Å². The predicted molar refractivity (Wildman–Crippen MR) is 70.3 cm³/mol. The molecule has 2 rings (SSSR count). The number of fused-ring (bicyclic) bond motifs is 1. The Morgan fingerprint density at radius 1 is 1.41 bits per heavy atom. The van der Waals surface area contributed by atoms with Crippen LogP contribution in [-0.2, 0) is 13.0 Å². The van der Waals surface area contributed by atoms with Crippen molar-refractivity contribution >= 4 is 0 Å². The first-order valence-electron chi connectivity index (χ1n) is 6.50. The van der Waals surface area contributed by atoms with Gasteiger partial charge in [-0.15, -0.1) is 0 Å². The Balaban J connectivity index is 2.11. The molecule has 3 heteroatoms. The second-order valence-corrected chi connectivity index (χ2v) is 4.56. The predicted octanol–water partition coefficient (Wildman–Crippen LogP) is 1.79. The van der Waals surface area contributed by atoms with Gasteiger partial charge in [0.1, 0.15) is 12.4 Å². The largest absolute Gasteiger partial charge is 0.492 e. The SMILES string of the molecule is CCc1ccc2c(c1)CN(CCCN)CCO2. The van der Waals surface area contributed by atoms with Gasteiger partial charge >= 0.3 is 0 Å². The third-order valence-electron chi connectivity index (χ3n) is 3.27. The zero-order valence-corrected chi connectivity index (χ0v) is 10.6. The number of nitrogens with zero attached hydrogens (tertiary/aromatic N) is 1. The minimum absolute atomic E-state index is 0.763. The van der Waals surface area contributed by atoms with E-state index in [4.69, 9.17) is 10.5 Å². The van der Waals surface area contributed by atoms with E-state index in [1.807, 2.05) is 0 Å². The van der Waals surface area contributed by atoms with Crippen LogP contribution in [-0.4, -0.2) is 31.1 Å². The van der Waals surface area contributed by atoms with Gasteiger partial charge in [-0.25, -0.2) is 0 Å². The number of hydrogen-bond acceptors (Lipinski definition) is 3. The minimum atomic E-state index is 0.763. The third-order valence-corrected chi connectivity index (χ3v) is 3.27. The molecule has 0 radical (unpaired) electrons. The number of aryl methyl sites for hydroxylation is 1.